The molecule has 2 rings (SSSR count). The van der Waals surface area contributed by atoms with E-state index >= 15 is 0 Å². The second-order valence-corrected chi connectivity index (χ2v) is 2.81. The molecule has 5 heteroatoms. The molecule has 0 amide bonds. The van der Waals surface area contributed by atoms with Crippen LogP contribution in [0.3, 0.4) is 0 Å². The standard InChI is InChI=1S/C10H9N3.V.W/c1-8-5-3-4-6-10(8)13-7-11-12-9(13)2;;/h3-6H,1H2,2H3;;/q-2;;. The van der Waals surface area contributed by atoms with Crippen LogP contribution in [-0.2, 0) is 39.6 Å². The molecule has 0 saturated carbocycles. The maximum atomic E-state index is 3.92. The van der Waals surface area contributed by atoms with Crippen LogP contribution in [0, 0.1) is 20.2 Å². The Morgan fingerprint density at radius 2 is 2.00 bits per heavy atom. The van der Waals surface area contributed by atoms with Gasteiger partial charge < -0.3 is 4.57 Å². The van der Waals surface area contributed by atoms with Crippen LogP contribution in [0.4, 0.5) is 0 Å². The van der Waals surface area contributed by atoms with Crippen molar-refractivity contribution in [1.29, 1.82) is 0 Å². The van der Waals surface area contributed by atoms with E-state index in [1.807, 2.05) is 31.2 Å². The van der Waals surface area contributed by atoms with Gasteiger partial charge in [-0.2, -0.15) is 18.6 Å². The SMILES string of the molecule is [CH2-]c1ccccc1-n1[c-]nnc1C.[V].[W]. The van der Waals surface area contributed by atoms with Crippen molar-refractivity contribution in [1.82, 2.24) is 14.8 Å². The summed E-state index contributed by atoms with van der Waals surface area (Å²) in [6, 6.07) is 7.82. The maximum Gasteiger partial charge on any atom is 0.0360 e. The molecule has 0 saturated heterocycles. The summed E-state index contributed by atoms with van der Waals surface area (Å²) in [5.74, 6) is 0.816. The summed E-state index contributed by atoms with van der Waals surface area (Å²) in [6.45, 7) is 5.81. The number of aryl methyl sites for hydroxylation is 1. The van der Waals surface area contributed by atoms with Crippen molar-refractivity contribution < 1.29 is 39.6 Å². The van der Waals surface area contributed by atoms with Gasteiger partial charge >= 0.3 is 0 Å². The smallest absolute Gasteiger partial charge is 0.0360 e. The van der Waals surface area contributed by atoms with Crippen molar-refractivity contribution in [2.45, 2.75) is 6.92 Å². The van der Waals surface area contributed by atoms with E-state index in [9.17, 15) is 0 Å². The van der Waals surface area contributed by atoms with E-state index in [4.69, 9.17) is 0 Å². The second kappa shape index (κ2) is 6.17. The van der Waals surface area contributed by atoms with Gasteiger partial charge in [0.1, 0.15) is 0 Å². The number of nitrogens with zero attached hydrogens (tertiary/aromatic N) is 3. The fourth-order valence-corrected chi connectivity index (χ4v) is 1.21. The molecule has 0 spiro atoms. The topological polar surface area (TPSA) is 30.7 Å². The molecule has 77 valence electrons. The molecule has 0 atom stereocenters. The van der Waals surface area contributed by atoms with Crippen LogP contribution in [0.2, 0.25) is 0 Å². The molecule has 2 aromatic rings. The zero-order valence-corrected chi connectivity index (χ0v) is 12.5. The van der Waals surface area contributed by atoms with E-state index in [0.29, 0.717) is 0 Å². The third kappa shape index (κ3) is 2.98. The summed E-state index contributed by atoms with van der Waals surface area (Å²) < 4.78 is 1.79. The molecule has 1 aromatic carbocycles. The minimum Gasteiger partial charge on any atom is -0.449 e. The second-order valence-electron chi connectivity index (χ2n) is 2.81. The Labute approximate surface area is 115 Å². The van der Waals surface area contributed by atoms with Gasteiger partial charge in [-0.15, -0.1) is 6.07 Å². The first-order chi connectivity index (χ1) is 6.29. The Bertz CT molecular complexity index is 428. The Balaban J connectivity index is 0.000000980. The van der Waals surface area contributed by atoms with Crippen LogP contribution in [0.1, 0.15) is 11.4 Å². The molecule has 1 heterocycles. The molecular formula is C10H9N3VW-2. The van der Waals surface area contributed by atoms with E-state index < -0.39 is 0 Å². The average Bonchev–Trinajstić information content (AvgIpc) is 2.52. The van der Waals surface area contributed by atoms with Crippen LogP contribution >= 0.6 is 0 Å². The summed E-state index contributed by atoms with van der Waals surface area (Å²) in [4.78, 5) is 0. The average molecular weight is 406 g/mol. The molecule has 1 aromatic heterocycles. The van der Waals surface area contributed by atoms with Gasteiger partial charge in [0.15, 0.2) is 0 Å². The van der Waals surface area contributed by atoms with Gasteiger partial charge in [0.05, 0.1) is 0 Å². The van der Waals surface area contributed by atoms with E-state index in [1.165, 1.54) is 0 Å². The summed E-state index contributed by atoms with van der Waals surface area (Å²) in [7, 11) is 0. The number of hydrogen-bond acceptors (Lipinski definition) is 2. The van der Waals surface area contributed by atoms with Gasteiger partial charge in [-0.1, -0.05) is 24.7 Å². The summed E-state index contributed by atoms with van der Waals surface area (Å²) in [5.41, 5.74) is 1.92. The summed E-state index contributed by atoms with van der Waals surface area (Å²) in [6.07, 6.45) is 2.78. The largest absolute Gasteiger partial charge is 0.449 e. The monoisotopic (exact) mass is 406 g/mol. The van der Waals surface area contributed by atoms with Gasteiger partial charge in [-0.05, 0) is 0 Å². The molecule has 0 N–H and O–H groups in total. The number of aromatic nitrogens is 3. The van der Waals surface area contributed by atoms with E-state index in [2.05, 4.69) is 23.4 Å². The van der Waals surface area contributed by atoms with Crippen LogP contribution < -0.4 is 0 Å². The Morgan fingerprint density at radius 3 is 2.53 bits per heavy atom. The predicted molar refractivity (Wildman–Crippen MR) is 49.4 cm³/mol. The van der Waals surface area contributed by atoms with Crippen molar-refractivity contribution >= 4 is 0 Å². The van der Waals surface area contributed by atoms with E-state index in [0.717, 1.165) is 17.1 Å². The molecule has 0 aliphatic heterocycles. The van der Waals surface area contributed by atoms with Gasteiger partial charge in [0, 0.05) is 51.8 Å². The fraction of sp³-hybridized carbons (Fsp3) is 0.100. The van der Waals surface area contributed by atoms with Gasteiger partial charge in [0.25, 0.3) is 0 Å². The molecule has 0 fully saturated rings. The van der Waals surface area contributed by atoms with Gasteiger partial charge in [-0.25, -0.2) is 10.2 Å². The molecule has 1 radical (unpaired) electrons. The van der Waals surface area contributed by atoms with Gasteiger partial charge in [-0.3, -0.25) is 0 Å². The molecule has 0 aliphatic carbocycles. The van der Waals surface area contributed by atoms with Crippen LogP contribution in [0.25, 0.3) is 5.69 Å². The zero-order valence-electron chi connectivity index (χ0n) is 8.21. The Morgan fingerprint density at radius 1 is 1.33 bits per heavy atom. The minimum atomic E-state index is 0. The maximum absolute atomic E-state index is 3.92. The first kappa shape index (κ1) is 14.5. The van der Waals surface area contributed by atoms with Crippen molar-refractivity contribution in [2.75, 3.05) is 0 Å². The molecule has 15 heavy (non-hydrogen) atoms. The normalized spacial score (nSPS) is 8.87. The van der Waals surface area contributed by atoms with Crippen molar-refractivity contribution in [2.24, 2.45) is 0 Å². The van der Waals surface area contributed by atoms with Crippen molar-refractivity contribution in [3.8, 4) is 5.69 Å². The molecule has 3 nitrogen and oxygen atoms in total. The molecule has 0 aliphatic rings. The fourth-order valence-electron chi connectivity index (χ4n) is 1.21. The summed E-state index contributed by atoms with van der Waals surface area (Å²) in [5, 5.41) is 7.56. The third-order valence-electron chi connectivity index (χ3n) is 1.90. The number of hydrogen-bond donors (Lipinski definition) is 0. The number of para-hydroxylation sites is 1. The van der Waals surface area contributed by atoms with Gasteiger partial charge in [0.2, 0.25) is 0 Å². The van der Waals surface area contributed by atoms with Crippen molar-refractivity contribution in [3.05, 3.63) is 48.9 Å². The number of rotatable bonds is 1. The number of benzene rings is 1. The first-order valence-electron chi connectivity index (χ1n) is 4.00. The van der Waals surface area contributed by atoms with E-state index in [-0.39, 0.29) is 39.6 Å². The van der Waals surface area contributed by atoms with Crippen LogP contribution in [0.15, 0.2) is 24.3 Å². The zero-order chi connectivity index (χ0) is 9.26. The van der Waals surface area contributed by atoms with Crippen LogP contribution in [-0.4, -0.2) is 14.8 Å². The van der Waals surface area contributed by atoms with Crippen LogP contribution in [0.5, 0.6) is 0 Å². The first-order valence-corrected chi connectivity index (χ1v) is 4.00. The third-order valence-corrected chi connectivity index (χ3v) is 1.90. The Hall–Kier alpha value is -0.497. The molecule has 0 bridgehead atoms. The summed E-state index contributed by atoms with van der Waals surface area (Å²) >= 11 is 0. The molecule has 0 unspecified atom stereocenters. The quantitative estimate of drug-likeness (QED) is 0.674. The minimum absolute atomic E-state index is 0. The van der Waals surface area contributed by atoms with Crippen molar-refractivity contribution in [3.63, 3.8) is 0 Å². The molecular weight excluding hydrogens is 397 g/mol. The Kier molecular flexibility index (Phi) is 5.96. The van der Waals surface area contributed by atoms with E-state index in [1.54, 1.807) is 4.57 Å². The predicted octanol–water partition coefficient (Wildman–Crippen LogP) is 1.55.